The highest BCUT2D eigenvalue weighted by molar-refractivity contribution is 6.33. The van der Waals surface area contributed by atoms with Gasteiger partial charge in [-0.3, -0.25) is 9.63 Å². The molecular formula is C16H16ClNO3. The Hall–Kier alpha value is -2.04. The predicted molar refractivity (Wildman–Crippen MR) is 82.5 cm³/mol. The predicted octanol–water partition coefficient (Wildman–Crippen LogP) is 3.65. The van der Waals surface area contributed by atoms with Gasteiger partial charge in [-0.1, -0.05) is 29.8 Å². The molecule has 0 N–H and O–H groups in total. The van der Waals surface area contributed by atoms with E-state index in [1.807, 2.05) is 24.3 Å². The number of hydrogen-bond donors (Lipinski definition) is 0. The summed E-state index contributed by atoms with van der Waals surface area (Å²) in [4.78, 5) is 17.1. The first-order valence-corrected chi connectivity index (χ1v) is 6.71. The van der Waals surface area contributed by atoms with E-state index >= 15 is 0 Å². The van der Waals surface area contributed by atoms with Gasteiger partial charge >= 0.3 is 0 Å². The molecule has 110 valence electrons. The maximum atomic E-state index is 12.2. The minimum Gasteiger partial charge on any atom is -0.496 e. The number of ether oxygens (including phenoxy) is 1. The van der Waals surface area contributed by atoms with E-state index in [1.54, 1.807) is 32.4 Å². The van der Waals surface area contributed by atoms with Gasteiger partial charge in [-0.05, 0) is 24.3 Å². The average Bonchev–Trinajstić information content (AvgIpc) is 2.53. The smallest absolute Gasteiger partial charge is 0.277 e. The van der Waals surface area contributed by atoms with Crippen LogP contribution in [0.3, 0.4) is 0 Å². The normalized spacial score (nSPS) is 10.3. The molecule has 0 bridgehead atoms. The number of para-hydroxylation sites is 1. The topological polar surface area (TPSA) is 38.8 Å². The number of carbonyl (C=O) groups excluding carboxylic acids is 1. The lowest BCUT2D eigenvalue weighted by molar-refractivity contribution is -0.0756. The molecule has 4 nitrogen and oxygen atoms in total. The molecule has 0 saturated carbocycles. The van der Waals surface area contributed by atoms with Crippen molar-refractivity contribution in [3.63, 3.8) is 0 Å². The van der Waals surface area contributed by atoms with Crippen molar-refractivity contribution in [2.75, 3.05) is 21.3 Å². The monoisotopic (exact) mass is 305 g/mol. The van der Waals surface area contributed by atoms with E-state index in [2.05, 4.69) is 0 Å². The van der Waals surface area contributed by atoms with E-state index in [-0.39, 0.29) is 5.91 Å². The van der Waals surface area contributed by atoms with Crippen molar-refractivity contribution in [3.8, 4) is 16.9 Å². The van der Waals surface area contributed by atoms with Crippen LogP contribution in [0.15, 0.2) is 42.5 Å². The molecule has 0 aromatic heterocycles. The van der Waals surface area contributed by atoms with Gasteiger partial charge in [0.25, 0.3) is 5.91 Å². The van der Waals surface area contributed by atoms with Crippen LogP contribution in [0.4, 0.5) is 0 Å². The standard InChI is InChI=1S/C16H16ClNO3/c1-18(21-3)16(19)11-8-9-14(17)13(10-11)12-6-4-5-7-15(12)20-2/h4-10H,1-3H3. The van der Waals surface area contributed by atoms with Crippen molar-refractivity contribution < 1.29 is 14.4 Å². The van der Waals surface area contributed by atoms with Crippen molar-refractivity contribution in [3.05, 3.63) is 53.1 Å². The number of hydrogen-bond acceptors (Lipinski definition) is 3. The molecule has 0 aliphatic rings. The van der Waals surface area contributed by atoms with Crippen LogP contribution in [0.1, 0.15) is 10.4 Å². The lowest BCUT2D eigenvalue weighted by atomic mass is 10.0. The third kappa shape index (κ3) is 3.17. The molecule has 0 aliphatic carbocycles. The van der Waals surface area contributed by atoms with Gasteiger partial charge in [0, 0.05) is 28.8 Å². The van der Waals surface area contributed by atoms with E-state index in [9.17, 15) is 4.79 Å². The molecule has 0 spiro atoms. The Kier molecular flexibility index (Phi) is 4.83. The Labute approximate surface area is 128 Å². The van der Waals surface area contributed by atoms with E-state index < -0.39 is 0 Å². The summed E-state index contributed by atoms with van der Waals surface area (Å²) >= 11 is 6.27. The fourth-order valence-corrected chi connectivity index (χ4v) is 2.22. The Bertz CT molecular complexity index is 658. The summed E-state index contributed by atoms with van der Waals surface area (Å²) in [6.45, 7) is 0. The molecule has 0 atom stereocenters. The number of rotatable bonds is 4. The van der Waals surface area contributed by atoms with Crippen LogP contribution >= 0.6 is 11.6 Å². The number of amides is 1. The van der Waals surface area contributed by atoms with Crippen LogP contribution in [-0.2, 0) is 4.84 Å². The number of hydroxylamine groups is 2. The highest BCUT2D eigenvalue weighted by Crippen LogP contribution is 2.35. The van der Waals surface area contributed by atoms with Crippen LogP contribution < -0.4 is 4.74 Å². The zero-order valence-corrected chi connectivity index (χ0v) is 12.8. The summed E-state index contributed by atoms with van der Waals surface area (Å²) in [5.74, 6) is 0.453. The molecule has 2 aromatic rings. The Morgan fingerprint density at radius 1 is 1.10 bits per heavy atom. The third-order valence-electron chi connectivity index (χ3n) is 3.17. The first kappa shape index (κ1) is 15.4. The molecule has 0 unspecified atom stereocenters. The van der Waals surface area contributed by atoms with Crippen LogP contribution in [-0.4, -0.2) is 32.2 Å². The van der Waals surface area contributed by atoms with Crippen molar-refractivity contribution in [2.45, 2.75) is 0 Å². The molecule has 0 aliphatic heterocycles. The van der Waals surface area contributed by atoms with E-state index in [1.165, 1.54) is 7.11 Å². The molecular weight excluding hydrogens is 290 g/mol. The highest BCUT2D eigenvalue weighted by atomic mass is 35.5. The fraction of sp³-hybridized carbons (Fsp3) is 0.188. The molecule has 2 rings (SSSR count). The number of nitrogens with zero attached hydrogens (tertiary/aromatic N) is 1. The Morgan fingerprint density at radius 3 is 2.48 bits per heavy atom. The summed E-state index contributed by atoms with van der Waals surface area (Å²) in [5.41, 5.74) is 2.06. The van der Waals surface area contributed by atoms with Gasteiger partial charge in [-0.25, -0.2) is 5.06 Å². The number of carbonyl (C=O) groups is 1. The zero-order chi connectivity index (χ0) is 15.4. The van der Waals surface area contributed by atoms with Gasteiger partial charge in [0.2, 0.25) is 0 Å². The second-order valence-electron chi connectivity index (χ2n) is 4.38. The minimum atomic E-state index is -0.245. The van der Waals surface area contributed by atoms with Gasteiger partial charge in [-0.2, -0.15) is 0 Å². The summed E-state index contributed by atoms with van der Waals surface area (Å²) < 4.78 is 5.35. The fourth-order valence-electron chi connectivity index (χ4n) is 2.00. The number of halogens is 1. The highest BCUT2D eigenvalue weighted by Gasteiger charge is 2.15. The molecule has 1 amide bonds. The van der Waals surface area contributed by atoms with Crippen LogP contribution in [0, 0.1) is 0 Å². The van der Waals surface area contributed by atoms with Gasteiger partial charge in [-0.15, -0.1) is 0 Å². The van der Waals surface area contributed by atoms with Crippen LogP contribution in [0.2, 0.25) is 5.02 Å². The second-order valence-corrected chi connectivity index (χ2v) is 4.79. The largest absolute Gasteiger partial charge is 0.496 e. The lowest BCUT2D eigenvalue weighted by Gasteiger charge is -2.15. The first-order chi connectivity index (χ1) is 10.1. The van der Waals surface area contributed by atoms with Crippen molar-refractivity contribution in [1.29, 1.82) is 0 Å². The first-order valence-electron chi connectivity index (χ1n) is 6.33. The van der Waals surface area contributed by atoms with Crippen LogP contribution in [0.5, 0.6) is 5.75 Å². The summed E-state index contributed by atoms with van der Waals surface area (Å²) in [7, 11) is 4.59. The second kappa shape index (κ2) is 6.61. The van der Waals surface area contributed by atoms with Crippen molar-refractivity contribution in [2.24, 2.45) is 0 Å². The molecule has 5 heteroatoms. The van der Waals surface area contributed by atoms with Gasteiger partial charge in [0.05, 0.1) is 14.2 Å². The van der Waals surface area contributed by atoms with Gasteiger partial charge in [0.1, 0.15) is 5.75 Å². The zero-order valence-electron chi connectivity index (χ0n) is 12.1. The van der Waals surface area contributed by atoms with E-state index in [4.69, 9.17) is 21.2 Å². The summed E-state index contributed by atoms with van der Waals surface area (Å²) in [5, 5.41) is 1.71. The molecule has 2 aromatic carbocycles. The van der Waals surface area contributed by atoms with Gasteiger partial charge < -0.3 is 4.74 Å². The Balaban J connectivity index is 2.52. The van der Waals surface area contributed by atoms with Crippen molar-refractivity contribution >= 4 is 17.5 Å². The molecule has 0 heterocycles. The number of benzene rings is 2. The van der Waals surface area contributed by atoms with Crippen molar-refractivity contribution in [1.82, 2.24) is 5.06 Å². The SMILES string of the molecule is COc1ccccc1-c1cc(C(=O)N(C)OC)ccc1Cl. The molecule has 0 saturated heterocycles. The lowest BCUT2D eigenvalue weighted by Crippen LogP contribution is -2.25. The van der Waals surface area contributed by atoms with Crippen LogP contribution in [0.25, 0.3) is 11.1 Å². The van der Waals surface area contributed by atoms with E-state index in [0.29, 0.717) is 16.3 Å². The van der Waals surface area contributed by atoms with E-state index in [0.717, 1.165) is 16.2 Å². The number of methoxy groups -OCH3 is 1. The third-order valence-corrected chi connectivity index (χ3v) is 3.50. The molecule has 0 radical (unpaired) electrons. The average molecular weight is 306 g/mol. The quantitative estimate of drug-likeness (QED) is 0.809. The summed E-state index contributed by atoms with van der Waals surface area (Å²) in [6.07, 6.45) is 0. The maximum absolute atomic E-state index is 12.2. The summed E-state index contributed by atoms with van der Waals surface area (Å²) in [6, 6.07) is 12.6. The molecule has 0 fully saturated rings. The Morgan fingerprint density at radius 2 is 1.81 bits per heavy atom. The maximum Gasteiger partial charge on any atom is 0.277 e. The molecule has 21 heavy (non-hydrogen) atoms. The minimum absolute atomic E-state index is 0.245. The van der Waals surface area contributed by atoms with Gasteiger partial charge in [0.15, 0.2) is 0 Å².